The van der Waals surface area contributed by atoms with E-state index in [0.29, 0.717) is 6.26 Å². The van der Waals surface area contributed by atoms with Gasteiger partial charge < -0.3 is 9.84 Å². The van der Waals surface area contributed by atoms with Crippen molar-refractivity contribution >= 4 is 34.8 Å². The van der Waals surface area contributed by atoms with E-state index < -0.39 is 16.4 Å². The molecular weight excluding hydrogens is 298 g/mol. The van der Waals surface area contributed by atoms with Crippen LogP contribution in [0.2, 0.25) is 0 Å². The molecule has 0 saturated carbocycles. The van der Waals surface area contributed by atoms with E-state index in [4.69, 9.17) is 16.7 Å². The van der Waals surface area contributed by atoms with Crippen LogP contribution < -0.4 is 0 Å². The highest BCUT2D eigenvalue weighted by molar-refractivity contribution is 6.26. The summed E-state index contributed by atoms with van der Waals surface area (Å²) in [7, 11) is 0. The summed E-state index contributed by atoms with van der Waals surface area (Å²) < 4.78 is 54.8. The fourth-order valence-corrected chi connectivity index (χ4v) is 1.11. The minimum atomic E-state index is -4.67. The van der Waals surface area contributed by atoms with E-state index in [-0.39, 0.29) is 18.6 Å². The van der Waals surface area contributed by atoms with Crippen molar-refractivity contribution in [3.8, 4) is 0 Å². The van der Waals surface area contributed by atoms with E-state index in [1.165, 1.54) is 0 Å². The van der Waals surface area contributed by atoms with Crippen molar-refractivity contribution in [2.45, 2.75) is 16.4 Å². The number of ether oxygens (including phenoxy) is 1. The molecule has 9 heteroatoms. The molecule has 0 aromatic carbocycles. The lowest BCUT2D eigenvalue weighted by molar-refractivity contribution is -0.188. The molecule has 0 atom stereocenters. The van der Waals surface area contributed by atoms with Gasteiger partial charge in [-0.1, -0.05) is 0 Å². The summed E-state index contributed by atoms with van der Waals surface area (Å²) in [6.45, 7) is -0.115. The second kappa shape index (κ2) is 5.62. The summed E-state index contributed by atoms with van der Waals surface area (Å²) in [4.78, 5) is 0. The lowest BCUT2D eigenvalue weighted by Crippen LogP contribution is -2.54. The Bertz CT molecular complexity index is 235. The van der Waals surface area contributed by atoms with Crippen LogP contribution in [0.3, 0.4) is 0 Å². The Morgan fingerprint density at radius 2 is 1.56 bits per heavy atom. The molecule has 0 saturated heterocycles. The predicted molar refractivity (Wildman–Crippen MR) is 52.4 cm³/mol. The molecule has 0 bridgehead atoms. The third-order valence-corrected chi connectivity index (χ3v) is 2.20. The standard InChI is InChI=1S/C7H7Cl3F4O2/c8-2-4-16-3-1-5(15,6(9,11)12)7(10,13)14/h1,3,15H,2,4H2. The van der Waals surface area contributed by atoms with E-state index in [0.717, 1.165) is 0 Å². The molecule has 2 nitrogen and oxygen atoms in total. The summed E-state index contributed by atoms with van der Waals surface area (Å²) in [6.07, 6.45) is 0.397. The molecule has 0 fully saturated rings. The summed E-state index contributed by atoms with van der Waals surface area (Å²) in [5.74, 6) is 0.0112. The van der Waals surface area contributed by atoms with Crippen LogP contribution in [-0.4, -0.2) is 34.0 Å². The van der Waals surface area contributed by atoms with Crippen molar-refractivity contribution in [2.75, 3.05) is 12.5 Å². The summed E-state index contributed by atoms with van der Waals surface area (Å²) in [5.41, 5.74) is -4.06. The quantitative estimate of drug-likeness (QED) is 0.353. The van der Waals surface area contributed by atoms with E-state index in [9.17, 15) is 17.6 Å². The summed E-state index contributed by atoms with van der Waals surface area (Å²) in [6, 6.07) is 0. The number of rotatable bonds is 6. The Labute approximate surface area is 104 Å². The predicted octanol–water partition coefficient (Wildman–Crippen LogP) is 3.15. The smallest absolute Gasteiger partial charge is 0.361 e. The van der Waals surface area contributed by atoms with Gasteiger partial charge in [0.25, 0.3) is 0 Å². The van der Waals surface area contributed by atoms with Crippen LogP contribution in [0, 0.1) is 0 Å². The molecule has 0 radical (unpaired) electrons. The minimum Gasteiger partial charge on any atom is -0.500 e. The molecule has 1 N–H and O–H groups in total. The number of hydrogen-bond acceptors (Lipinski definition) is 2. The van der Waals surface area contributed by atoms with Crippen LogP contribution in [-0.2, 0) is 4.74 Å². The summed E-state index contributed by atoms with van der Waals surface area (Å²) >= 11 is 13.9. The Kier molecular flexibility index (Phi) is 5.65. The highest BCUT2D eigenvalue weighted by Gasteiger charge is 2.65. The Morgan fingerprint density at radius 1 is 1.12 bits per heavy atom. The van der Waals surface area contributed by atoms with Gasteiger partial charge >= 0.3 is 10.8 Å². The SMILES string of the molecule is OC(C=COCCCl)(C(F)(F)Cl)C(F)(F)Cl. The zero-order valence-corrected chi connectivity index (χ0v) is 9.84. The van der Waals surface area contributed by atoms with Gasteiger partial charge in [0.15, 0.2) is 0 Å². The van der Waals surface area contributed by atoms with Gasteiger partial charge in [-0.25, -0.2) is 0 Å². The van der Waals surface area contributed by atoms with Crippen LogP contribution in [0.15, 0.2) is 12.3 Å². The van der Waals surface area contributed by atoms with Crippen LogP contribution in [0.25, 0.3) is 0 Å². The second-order valence-corrected chi connectivity index (χ2v) is 3.95. The van der Waals surface area contributed by atoms with Crippen molar-refractivity contribution in [3.05, 3.63) is 12.3 Å². The first kappa shape index (κ1) is 16.1. The van der Waals surface area contributed by atoms with Gasteiger partial charge in [-0.3, -0.25) is 0 Å². The molecule has 0 heterocycles. The Balaban J connectivity index is 4.91. The van der Waals surface area contributed by atoms with Gasteiger partial charge in [0, 0.05) is 0 Å². The molecular formula is C7H7Cl3F4O2. The number of hydrogen-bond donors (Lipinski definition) is 1. The lowest BCUT2D eigenvalue weighted by Gasteiger charge is -2.31. The molecule has 0 rings (SSSR count). The van der Waals surface area contributed by atoms with Crippen LogP contribution in [0.1, 0.15) is 0 Å². The maximum Gasteiger partial charge on any atom is 0.361 e. The molecule has 16 heavy (non-hydrogen) atoms. The molecule has 0 unspecified atom stereocenters. The highest BCUT2D eigenvalue weighted by atomic mass is 35.5. The number of alkyl halides is 7. The van der Waals surface area contributed by atoms with Gasteiger partial charge in [0.05, 0.1) is 12.1 Å². The maximum absolute atomic E-state index is 12.6. The van der Waals surface area contributed by atoms with Crippen molar-refractivity contribution in [2.24, 2.45) is 0 Å². The molecule has 0 aromatic heterocycles. The van der Waals surface area contributed by atoms with Crippen molar-refractivity contribution < 1.29 is 27.4 Å². The minimum absolute atomic E-state index is 0.0112. The molecule has 0 spiro atoms. The number of aliphatic hydroxyl groups is 1. The fourth-order valence-electron chi connectivity index (χ4n) is 0.609. The molecule has 0 aliphatic heterocycles. The van der Waals surface area contributed by atoms with Crippen molar-refractivity contribution in [1.29, 1.82) is 0 Å². The lowest BCUT2D eigenvalue weighted by atomic mass is 10.1. The molecule has 96 valence electrons. The Morgan fingerprint density at radius 3 is 1.88 bits per heavy atom. The highest BCUT2D eigenvalue weighted by Crippen LogP contribution is 2.46. The second-order valence-electron chi connectivity index (χ2n) is 2.62. The first-order valence-electron chi connectivity index (χ1n) is 3.77. The average molecular weight is 305 g/mol. The zero-order valence-electron chi connectivity index (χ0n) is 7.57. The normalized spacial score (nSPS) is 14.5. The first-order chi connectivity index (χ1) is 7.06. The monoisotopic (exact) mass is 304 g/mol. The summed E-state index contributed by atoms with van der Waals surface area (Å²) in [5, 5.41) is -0.315. The number of halogens is 7. The van der Waals surface area contributed by atoms with E-state index in [1.54, 1.807) is 0 Å². The first-order valence-corrected chi connectivity index (χ1v) is 5.06. The van der Waals surface area contributed by atoms with Gasteiger partial charge in [0.2, 0.25) is 5.60 Å². The zero-order chi connectivity index (χ0) is 13.0. The third-order valence-electron chi connectivity index (χ3n) is 1.46. The van der Waals surface area contributed by atoms with Crippen molar-refractivity contribution in [1.82, 2.24) is 0 Å². The molecule has 0 aromatic rings. The van der Waals surface area contributed by atoms with Gasteiger partial charge in [-0.2, -0.15) is 17.6 Å². The molecule has 0 aliphatic rings. The maximum atomic E-state index is 12.6. The van der Waals surface area contributed by atoms with Gasteiger partial charge in [-0.15, -0.1) is 11.6 Å². The van der Waals surface area contributed by atoms with Crippen LogP contribution in [0.5, 0.6) is 0 Å². The van der Waals surface area contributed by atoms with Gasteiger partial charge in [0.1, 0.15) is 6.61 Å². The third kappa shape index (κ3) is 3.84. The topological polar surface area (TPSA) is 29.5 Å². The van der Waals surface area contributed by atoms with Crippen molar-refractivity contribution in [3.63, 3.8) is 0 Å². The fraction of sp³-hybridized carbons (Fsp3) is 0.714. The van der Waals surface area contributed by atoms with Gasteiger partial charge in [-0.05, 0) is 29.3 Å². The average Bonchev–Trinajstić information content (AvgIpc) is 2.08. The Hall–Kier alpha value is 0.0900. The molecule has 0 amide bonds. The van der Waals surface area contributed by atoms with E-state index in [1.807, 2.05) is 0 Å². The largest absolute Gasteiger partial charge is 0.500 e. The van der Waals surface area contributed by atoms with E-state index in [2.05, 4.69) is 27.9 Å². The van der Waals surface area contributed by atoms with E-state index >= 15 is 0 Å². The van der Waals surface area contributed by atoms with Crippen LogP contribution in [0.4, 0.5) is 17.6 Å². The van der Waals surface area contributed by atoms with Crippen LogP contribution >= 0.6 is 34.8 Å². The molecule has 0 aliphatic carbocycles.